The second-order valence-electron chi connectivity index (χ2n) is 3.71. The monoisotopic (exact) mass is 265 g/mol. The minimum absolute atomic E-state index is 0.107. The van der Waals surface area contributed by atoms with E-state index >= 15 is 0 Å². The van der Waals surface area contributed by atoms with Gasteiger partial charge in [-0.25, -0.2) is 8.42 Å². The first kappa shape index (κ1) is 11.4. The Morgan fingerprint density at radius 3 is 2.93 bits per heavy atom. The Morgan fingerprint density at radius 2 is 2.40 bits per heavy atom. The van der Waals surface area contributed by atoms with Crippen molar-refractivity contribution < 1.29 is 8.42 Å². The van der Waals surface area contributed by atoms with Gasteiger partial charge < -0.3 is 5.32 Å². The van der Waals surface area contributed by atoms with Crippen molar-refractivity contribution in [1.82, 2.24) is 5.32 Å². The standard InChI is InChI=1S/C9H12ClNO2S2/c10-7-3-9(14-5-7)4-11-8-1-2-15(12,13)6-8/h3,5,8,11H,1-2,4,6H2. The molecule has 1 unspecified atom stereocenters. The van der Waals surface area contributed by atoms with E-state index in [1.165, 1.54) is 0 Å². The molecule has 1 fully saturated rings. The molecule has 1 aliphatic rings. The molecule has 1 atom stereocenters. The summed E-state index contributed by atoms with van der Waals surface area (Å²) in [7, 11) is -2.78. The second-order valence-corrected chi connectivity index (χ2v) is 7.37. The summed E-state index contributed by atoms with van der Waals surface area (Å²) in [5.41, 5.74) is 0. The summed E-state index contributed by atoms with van der Waals surface area (Å²) in [6.07, 6.45) is 0.724. The van der Waals surface area contributed by atoms with E-state index in [1.807, 2.05) is 11.4 Å². The zero-order valence-corrected chi connectivity index (χ0v) is 10.5. The molecular weight excluding hydrogens is 254 g/mol. The van der Waals surface area contributed by atoms with Crippen LogP contribution in [0, 0.1) is 0 Å². The minimum atomic E-state index is -2.78. The molecule has 0 bridgehead atoms. The van der Waals surface area contributed by atoms with Crippen LogP contribution in [-0.2, 0) is 16.4 Å². The number of halogens is 1. The van der Waals surface area contributed by atoms with Gasteiger partial charge >= 0.3 is 0 Å². The topological polar surface area (TPSA) is 46.2 Å². The quantitative estimate of drug-likeness (QED) is 0.905. The van der Waals surface area contributed by atoms with E-state index in [9.17, 15) is 8.42 Å². The van der Waals surface area contributed by atoms with Gasteiger partial charge in [-0.05, 0) is 12.5 Å². The van der Waals surface area contributed by atoms with Crippen LogP contribution in [0.1, 0.15) is 11.3 Å². The highest BCUT2D eigenvalue weighted by Gasteiger charge is 2.27. The minimum Gasteiger partial charge on any atom is -0.308 e. The smallest absolute Gasteiger partial charge is 0.151 e. The zero-order chi connectivity index (χ0) is 10.9. The van der Waals surface area contributed by atoms with E-state index in [4.69, 9.17) is 11.6 Å². The van der Waals surface area contributed by atoms with Crippen molar-refractivity contribution in [3.05, 3.63) is 21.3 Å². The van der Waals surface area contributed by atoms with Crippen molar-refractivity contribution in [3.63, 3.8) is 0 Å². The van der Waals surface area contributed by atoms with Crippen molar-refractivity contribution in [3.8, 4) is 0 Å². The van der Waals surface area contributed by atoms with Crippen LogP contribution in [0.4, 0.5) is 0 Å². The number of thiophene rings is 1. The fourth-order valence-electron chi connectivity index (χ4n) is 1.65. The molecule has 2 heterocycles. The van der Waals surface area contributed by atoms with E-state index in [0.29, 0.717) is 12.3 Å². The summed E-state index contributed by atoms with van der Waals surface area (Å²) in [6, 6.07) is 2.01. The third kappa shape index (κ3) is 3.17. The van der Waals surface area contributed by atoms with E-state index in [0.717, 1.165) is 16.3 Å². The Labute approximate surface area is 98.4 Å². The van der Waals surface area contributed by atoms with Crippen molar-refractivity contribution in [2.24, 2.45) is 0 Å². The van der Waals surface area contributed by atoms with Gasteiger partial charge in [0.1, 0.15) is 0 Å². The summed E-state index contributed by atoms with van der Waals surface area (Å²) >= 11 is 7.38. The van der Waals surface area contributed by atoms with Gasteiger partial charge in [-0.2, -0.15) is 0 Å². The van der Waals surface area contributed by atoms with E-state index in [1.54, 1.807) is 11.3 Å². The maximum absolute atomic E-state index is 11.2. The molecule has 15 heavy (non-hydrogen) atoms. The van der Waals surface area contributed by atoms with Crippen molar-refractivity contribution >= 4 is 32.8 Å². The summed E-state index contributed by atoms with van der Waals surface area (Å²) in [6.45, 7) is 0.706. The normalized spacial score (nSPS) is 24.5. The van der Waals surface area contributed by atoms with Crippen LogP contribution in [-0.4, -0.2) is 26.0 Å². The third-order valence-electron chi connectivity index (χ3n) is 2.42. The molecule has 1 aromatic heterocycles. The molecule has 0 aromatic carbocycles. The highest BCUT2D eigenvalue weighted by molar-refractivity contribution is 7.91. The van der Waals surface area contributed by atoms with Gasteiger partial charge in [-0.15, -0.1) is 11.3 Å². The molecule has 84 valence electrons. The van der Waals surface area contributed by atoms with Crippen molar-refractivity contribution in [1.29, 1.82) is 0 Å². The SMILES string of the molecule is O=S1(=O)CCC(NCc2cc(Cl)cs2)C1. The van der Waals surface area contributed by atoms with Crippen LogP contribution in [0.5, 0.6) is 0 Å². The number of hydrogen-bond donors (Lipinski definition) is 1. The summed E-state index contributed by atoms with van der Waals surface area (Å²) < 4.78 is 22.4. The van der Waals surface area contributed by atoms with Crippen molar-refractivity contribution in [2.45, 2.75) is 19.0 Å². The molecule has 1 aliphatic heterocycles. The fraction of sp³-hybridized carbons (Fsp3) is 0.556. The molecule has 3 nitrogen and oxygen atoms in total. The van der Waals surface area contributed by atoms with E-state index < -0.39 is 9.84 Å². The van der Waals surface area contributed by atoms with Crippen LogP contribution in [0.2, 0.25) is 5.02 Å². The third-order valence-corrected chi connectivity index (χ3v) is 5.47. The molecule has 1 aromatic rings. The van der Waals surface area contributed by atoms with Crippen LogP contribution in [0.3, 0.4) is 0 Å². The van der Waals surface area contributed by atoms with Crippen molar-refractivity contribution in [2.75, 3.05) is 11.5 Å². The Hall–Kier alpha value is -0.100. The maximum atomic E-state index is 11.2. The zero-order valence-electron chi connectivity index (χ0n) is 8.07. The summed E-state index contributed by atoms with van der Waals surface area (Å²) in [5.74, 6) is 0.585. The van der Waals surface area contributed by atoms with Crippen LogP contribution in [0.25, 0.3) is 0 Å². The molecule has 0 amide bonds. The van der Waals surface area contributed by atoms with E-state index in [-0.39, 0.29) is 11.8 Å². The molecule has 6 heteroatoms. The van der Waals surface area contributed by atoms with Gasteiger partial charge in [0, 0.05) is 22.8 Å². The van der Waals surface area contributed by atoms with Gasteiger partial charge in [-0.1, -0.05) is 11.6 Å². The van der Waals surface area contributed by atoms with Crippen LogP contribution in [0.15, 0.2) is 11.4 Å². The molecule has 1 N–H and O–H groups in total. The largest absolute Gasteiger partial charge is 0.308 e. The van der Waals surface area contributed by atoms with Gasteiger partial charge in [0.25, 0.3) is 0 Å². The van der Waals surface area contributed by atoms with Gasteiger partial charge in [0.05, 0.1) is 16.5 Å². The second kappa shape index (κ2) is 4.41. The first-order valence-corrected chi connectivity index (χ1v) is 7.80. The lowest BCUT2D eigenvalue weighted by Crippen LogP contribution is -2.29. The molecular formula is C9H12ClNO2S2. The van der Waals surface area contributed by atoms with Crippen LogP contribution < -0.4 is 5.32 Å². The Morgan fingerprint density at radius 1 is 1.60 bits per heavy atom. The lowest BCUT2D eigenvalue weighted by molar-refractivity contribution is 0.557. The van der Waals surface area contributed by atoms with Crippen LogP contribution >= 0.6 is 22.9 Å². The first-order chi connectivity index (χ1) is 7.05. The Bertz CT molecular complexity index is 441. The molecule has 0 aliphatic carbocycles. The number of sulfone groups is 1. The van der Waals surface area contributed by atoms with Gasteiger partial charge in [-0.3, -0.25) is 0 Å². The molecule has 0 saturated carbocycles. The number of hydrogen-bond acceptors (Lipinski definition) is 4. The average molecular weight is 266 g/mol. The maximum Gasteiger partial charge on any atom is 0.151 e. The molecule has 0 spiro atoms. The predicted molar refractivity (Wildman–Crippen MR) is 63.2 cm³/mol. The Balaban J connectivity index is 1.85. The lowest BCUT2D eigenvalue weighted by atomic mass is 10.2. The first-order valence-electron chi connectivity index (χ1n) is 4.72. The predicted octanol–water partition coefficient (Wildman–Crippen LogP) is 1.68. The summed E-state index contributed by atoms with van der Waals surface area (Å²) in [4.78, 5) is 1.14. The van der Waals surface area contributed by atoms with Gasteiger partial charge in [0.15, 0.2) is 9.84 Å². The number of rotatable bonds is 3. The number of nitrogens with one attached hydrogen (secondary N) is 1. The highest BCUT2D eigenvalue weighted by Crippen LogP contribution is 2.19. The summed E-state index contributed by atoms with van der Waals surface area (Å²) in [5, 5.41) is 5.86. The Kier molecular flexibility index (Phi) is 3.35. The molecule has 2 rings (SSSR count). The van der Waals surface area contributed by atoms with E-state index in [2.05, 4.69) is 5.32 Å². The fourth-order valence-corrected chi connectivity index (χ4v) is 4.38. The van der Waals surface area contributed by atoms with Gasteiger partial charge in [0.2, 0.25) is 0 Å². The molecule has 0 radical (unpaired) electrons. The lowest BCUT2D eigenvalue weighted by Gasteiger charge is -2.08. The highest BCUT2D eigenvalue weighted by atomic mass is 35.5. The average Bonchev–Trinajstić information content (AvgIpc) is 2.69. The molecule has 1 saturated heterocycles.